The van der Waals surface area contributed by atoms with E-state index >= 15 is 0 Å². The number of hydrogen-bond acceptors (Lipinski definition) is 3. The maximum absolute atomic E-state index is 13.3. The van der Waals surface area contributed by atoms with Crippen LogP contribution in [0, 0.1) is 5.92 Å². The van der Waals surface area contributed by atoms with Gasteiger partial charge in [-0.25, -0.2) is 0 Å². The van der Waals surface area contributed by atoms with E-state index in [9.17, 15) is 27.6 Å². The zero-order valence-electron chi connectivity index (χ0n) is 16.2. The molecule has 1 saturated carbocycles. The molecule has 2 saturated heterocycles. The summed E-state index contributed by atoms with van der Waals surface area (Å²) in [5.41, 5.74) is -2.38. The van der Waals surface area contributed by atoms with Gasteiger partial charge in [0.1, 0.15) is 0 Å². The monoisotopic (exact) mass is 408 g/mol. The molecule has 8 heteroatoms. The van der Waals surface area contributed by atoms with Gasteiger partial charge in [-0.05, 0) is 43.7 Å². The first-order chi connectivity index (χ1) is 13.7. The number of nitrogens with zero attached hydrogens (tertiary/aromatic N) is 2. The molecule has 2 heterocycles. The lowest BCUT2D eigenvalue weighted by atomic mass is 9.75. The van der Waals surface area contributed by atoms with E-state index in [0.29, 0.717) is 12.5 Å². The molecule has 1 aromatic carbocycles. The average molecular weight is 408 g/mol. The van der Waals surface area contributed by atoms with Gasteiger partial charge in [0, 0.05) is 32.0 Å². The summed E-state index contributed by atoms with van der Waals surface area (Å²) in [6.07, 6.45) is -2.20. The number of likely N-dealkylation sites (N-methyl/N-ethyl adjacent to an activating group) is 1. The molecule has 156 valence electrons. The van der Waals surface area contributed by atoms with E-state index in [1.807, 2.05) is 0 Å². The highest BCUT2D eigenvalue weighted by atomic mass is 19.4. The van der Waals surface area contributed by atoms with Gasteiger partial charge in [0.25, 0.3) is 0 Å². The first kappa shape index (κ1) is 19.9. The third-order valence-corrected chi connectivity index (χ3v) is 6.65. The number of hydrogen-bond donors (Lipinski definition) is 0. The number of piperidine rings is 1. The van der Waals surface area contributed by atoms with Crippen LogP contribution in [0.25, 0.3) is 0 Å². The van der Waals surface area contributed by atoms with Crippen molar-refractivity contribution < 1.29 is 27.6 Å². The second kappa shape index (κ2) is 6.85. The maximum atomic E-state index is 13.3. The molecule has 3 aliphatic rings. The summed E-state index contributed by atoms with van der Waals surface area (Å²) in [7, 11) is 0. The number of rotatable bonds is 4. The van der Waals surface area contributed by atoms with Gasteiger partial charge in [0.05, 0.1) is 11.0 Å². The lowest BCUT2D eigenvalue weighted by Crippen LogP contribution is -2.45. The quantitative estimate of drug-likeness (QED) is 0.720. The fraction of sp³-hybridized carbons (Fsp3) is 0.571. The molecule has 0 aromatic heterocycles. The van der Waals surface area contributed by atoms with Crippen LogP contribution in [0.4, 0.5) is 13.2 Å². The molecule has 1 aliphatic carbocycles. The molecular formula is C21H23F3N2O3. The van der Waals surface area contributed by atoms with E-state index in [0.717, 1.165) is 36.3 Å². The number of fused-ring (bicyclic) bond motifs is 2. The number of carbonyl (C=O) groups excluding carboxylic acids is 3. The predicted octanol–water partition coefficient (Wildman–Crippen LogP) is 3.12. The van der Waals surface area contributed by atoms with Crippen LogP contribution in [0.5, 0.6) is 0 Å². The second-order valence-corrected chi connectivity index (χ2v) is 8.34. The summed E-state index contributed by atoms with van der Waals surface area (Å²) in [6, 6.07) is 4.63. The lowest BCUT2D eigenvalue weighted by Gasteiger charge is -2.32. The summed E-state index contributed by atoms with van der Waals surface area (Å²) in [5, 5.41) is 0. The molecule has 3 fully saturated rings. The van der Waals surface area contributed by atoms with Crippen molar-refractivity contribution in [3.8, 4) is 0 Å². The number of amides is 3. The predicted molar refractivity (Wildman–Crippen MR) is 97.6 cm³/mol. The van der Waals surface area contributed by atoms with Crippen LogP contribution in [0.3, 0.4) is 0 Å². The molecule has 4 rings (SSSR count). The summed E-state index contributed by atoms with van der Waals surface area (Å²) in [4.78, 5) is 41.6. The molecule has 3 atom stereocenters. The zero-order valence-corrected chi connectivity index (χ0v) is 16.2. The van der Waals surface area contributed by atoms with Crippen LogP contribution in [0.1, 0.15) is 50.2 Å². The summed E-state index contributed by atoms with van der Waals surface area (Å²) in [5.74, 6) is -0.831. The lowest BCUT2D eigenvalue weighted by molar-refractivity contribution is -0.143. The largest absolute Gasteiger partial charge is 0.416 e. The van der Waals surface area contributed by atoms with Crippen LogP contribution in [-0.2, 0) is 26.0 Å². The fourth-order valence-corrected chi connectivity index (χ4v) is 5.17. The van der Waals surface area contributed by atoms with Crippen LogP contribution in [0.15, 0.2) is 24.3 Å². The van der Waals surface area contributed by atoms with Gasteiger partial charge < -0.3 is 4.90 Å². The van der Waals surface area contributed by atoms with Gasteiger partial charge in [0.15, 0.2) is 0 Å². The average Bonchev–Trinajstić information content (AvgIpc) is 3.36. The van der Waals surface area contributed by atoms with Crippen molar-refractivity contribution in [3.63, 3.8) is 0 Å². The van der Waals surface area contributed by atoms with Gasteiger partial charge in [-0.3, -0.25) is 19.3 Å². The minimum absolute atomic E-state index is 0.0827. The molecule has 2 bridgehead atoms. The molecule has 29 heavy (non-hydrogen) atoms. The van der Waals surface area contributed by atoms with Crippen molar-refractivity contribution in [2.45, 2.75) is 56.7 Å². The Morgan fingerprint density at radius 1 is 1.24 bits per heavy atom. The molecule has 0 spiro atoms. The van der Waals surface area contributed by atoms with E-state index in [1.165, 1.54) is 12.1 Å². The highest BCUT2D eigenvalue weighted by Gasteiger charge is 2.55. The second-order valence-electron chi connectivity index (χ2n) is 8.34. The molecular weight excluding hydrogens is 385 g/mol. The molecule has 0 unspecified atom stereocenters. The normalized spacial score (nSPS) is 29.2. The number of benzene rings is 1. The first-order valence-electron chi connectivity index (χ1n) is 9.97. The van der Waals surface area contributed by atoms with Crippen LogP contribution in [-0.4, -0.2) is 46.7 Å². The molecule has 0 N–H and O–H groups in total. The number of carbonyl (C=O) groups is 3. The van der Waals surface area contributed by atoms with Crippen molar-refractivity contribution in [1.82, 2.24) is 9.80 Å². The molecule has 2 aliphatic heterocycles. The standard InChI is InChI=1S/C21H23F3N2O3/c1-2-25-17(27)10-20(19(25)29,14-4-3-5-15(9-14)21(22,23)24)11-18(28)26-12-13-6-7-16(26)8-13/h3-5,9,13,16H,2,6-8,10-12H2,1H3/t13-,16+,20+/m0/s1. The van der Waals surface area contributed by atoms with Crippen LogP contribution < -0.4 is 0 Å². The van der Waals surface area contributed by atoms with E-state index < -0.39 is 29.0 Å². The zero-order chi connectivity index (χ0) is 21.0. The Hall–Kier alpha value is -2.38. The number of imide groups is 1. The highest BCUT2D eigenvalue weighted by molar-refractivity contribution is 6.10. The third kappa shape index (κ3) is 3.22. The Morgan fingerprint density at radius 3 is 2.55 bits per heavy atom. The number of halogens is 3. The van der Waals surface area contributed by atoms with Gasteiger partial charge in [-0.15, -0.1) is 0 Å². The van der Waals surface area contributed by atoms with Crippen LogP contribution in [0.2, 0.25) is 0 Å². The maximum Gasteiger partial charge on any atom is 0.416 e. The summed E-state index contributed by atoms with van der Waals surface area (Å²) < 4.78 is 39.8. The van der Waals surface area contributed by atoms with Crippen molar-refractivity contribution in [2.24, 2.45) is 5.92 Å². The van der Waals surface area contributed by atoms with Gasteiger partial charge in [0.2, 0.25) is 17.7 Å². The Bertz CT molecular complexity index is 869. The minimum Gasteiger partial charge on any atom is -0.339 e. The van der Waals surface area contributed by atoms with Crippen LogP contribution >= 0.6 is 0 Å². The topological polar surface area (TPSA) is 57.7 Å². The summed E-state index contributed by atoms with van der Waals surface area (Å²) in [6.45, 7) is 2.39. The van der Waals surface area contributed by atoms with Crippen molar-refractivity contribution in [1.29, 1.82) is 0 Å². The Kier molecular flexibility index (Phi) is 4.70. The van der Waals surface area contributed by atoms with Crippen molar-refractivity contribution in [3.05, 3.63) is 35.4 Å². The van der Waals surface area contributed by atoms with E-state index in [4.69, 9.17) is 0 Å². The van der Waals surface area contributed by atoms with E-state index in [2.05, 4.69) is 0 Å². The third-order valence-electron chi connectivity index (χ3n) is 6.65. The Labute approximate surface area is 166 Å². The highest BCUT2D eigenvalue weighted by Crippen LogP contribution is 2.44. The van der Waals surface area contributed by atoms with E-state index in [1.54, 1.807) is 11.8 Å². The van der Waals surface area contributed by atoms with E-state index in [-0.39, 0.29) is 36.9 Å². The van der Waals surface area contributed by atoms with Crippen molar-refractivity contribution in [2.75, 3.05) is 13.1 Å². The molecule has 3 amide bonds. The summed E-state index contributed by atoms with van der Waals surface area (Å²) >= 11 is 0. The minimum atomic E-state index is -4.58. The molecule has 5 nitrogen and oxygen atoms in total. The first-order valence-corrected chi connectivity index (χ1v) is 9.97. The Balaban J connectivity index is 1.72. The van der Waals surface area contributed by atoms with Gasteiger partial charge >= 0.3 is 6.18 Å². The smallest absolute Gasteiger partial charge is 0.339 e. The molecule has 1 aromatic rings. The van der Waals surface area contributed by atoms with Gasteiger partial charge in [-0.1, -0.05) is 18.2 Å². The number of alkyl halides is 3. The fourth-order valence-electron chi connectivity index (χ4n) is 5.17. The Morgan fingerprint density at radius 2 is 2.00 bits per heavy atom. The van der Waals surface area contributed by atoms with Gasteiger partial charge in [-0.2, -0.15) is 13.2 Å². The van der Waals surface area contributed by atoms with Crippen molar-refractivity contribution >= 4 is 17.7 Å². The molecule has 0 radical (unpaired) electrons. The number of likely N-dealkylation sites (tertiary alicyclic amines) is 2. The SMILES string of the molecule is CCN1C(=O)C[C@@](CC(=O)N2C[C@H]3CC[C@@H]2C3)(c2cccc(C(F)(F)F)c2)C1=O.